The zero-order chi connectivity index (χ0) is 16.8. The van der Waals surface area contributed by atoms with Gasteiger partial charge in [0.2, 0.25) is 11.8 Å². The van der Waals surface area contributed by atoms with E-state index in [2.05, 4.69) is 10.6 Å². The second kappa shape index (κ2) is 8.32. The van der Waals surface area contributed by atoms with Crippen LogP contribution in [0, 0.1) is 0 Å². The van der Waals surface area contributed by atoms with Crippen molar-refractivity contribution in [2.45, 2.75) is 75.8 Å². The third-order valence-electron chi connectivity index (χ3n) is 5.35. The molecule has 0 spiro atoms. The van der Waals surface area contributed by atoms with E-state index in [9.17, 15) is 9.59 Å². The fourth-order valence-corrected chi connectivity index (χ4v) is 3.96. The van der Waals surface area contributed by atoms with Crippen LogP contribution in [-0.2, 0) is 9.59 Å². The van der Waals surface area contributed by atoms with Crippen molar-refractivity contribution in [3.8, 4) is 0 Å². The summed E-state index contributed by atoms with van der Waals surface area (Å²) >= 11 is 0. The van der Waals surface area contributed by atoms with Gasteiger partial charge in [0.15, 0.2) is 0 Å². The van der Waals surface area contributed by atoms with E-state index >= 15 is 0 Å². The first kappa shape index (κ1) is 17.0. The molecule has 3 atom stereocenters. The standard InChI is InChI=1S/C20H28N2O2/c23-19-12-5-4-9-16(21-19)13-14-17-10-6-11-18(20(24)22-17)15-7-2-1-3-8-15/h1-3,7-8,16-18H,4-6,9-14H2,(H,21,23)(H,22,24). The largest absolute Gasteiger partial charge is 0.353 e. The molecule has 3 unspecified atom stereocenters. The average molecular weight is 328 g/mol. The maximum atomic E-state index is 12.6. The third kappa shape index (κ3) is 4.59. The molecule has 4 heteroatoms. The van der Waals surface area contributed by atoms with Gasteiger partial charge in [0.05, 0.1) is 5.92 Å². The van der Waals surface area contributed by atoms with Crippen molar-refractivity contribution in [2.24, 2.45) is 0 Å². The summed E-state index contributed by atoms with van der Waals surface area (Å²) in [6.07, 6.45) is 8.80. The number of hydrogen-bond acceptors (Lipinski definition) is 2. The fourth-order valence-electron chi connectivity index (χ4n) is 3.96. The normalized spacial score (nSPS) is 28.4. The molecule has 2 heterocycles. The summed E-state index contributed by atoms with van der Waals surface area (Å²) in [5, 5.41) is 6.37. The molecule has 0 radical (unpaired) electrons. The molecule has 24 heavy (non-hydrogen) atoms. The van der Waals surface area contributed by atoms with Gasteiger partial charge in [-0.2, -0.15) is 0 Å². The molecule has 4 nitrogen and oxygen atoms in total. The summed E-state index contributed by atoms with van der Waals surface area (Å²) in [6, 6.07) is 10.6. The van der Waals surface area contributed by atoms with Crippen LogP contribution in [0.15, 0.2) is 30.3 Å². The summed E-state index contributed by atoms with van der Waals surface area (Å²) in [4.78, 5) is 24.3. The highest BCUT2D eigenvalue weighted by Crippen LogP contribution is 2.27. The van der Waals surface area contributed by atoms with E-state index in [-0.39, 0.29) is 29.8 Å². The van der Waals surface area contributed by atoms with E-state index in [0.29, 0.717) is 6.42 Å². The van der Waals surface area contributed by atoms with Crippen LogP contribution < -0.4 is 10.6 Å². The monoisotopic (exact) mass is 328 g/mol. The van der Waals surface area contributed by atoms with Gasteiger partial charge in [0.25, 0.3) is 0 Å². The predicted octanol–water partition coefficient (Wildman–Crippen LogP) is 3.28. The molecule has 2 fully saturated rings. The maximum absolute atomic E-state index is 12.6. The van der Waals surface area contributed by atoms with Crippen LogP contribution in [0.2, 0.25) is 0 Å². The highest BCUT2D eigenvalue weighted by molar-refractivity contribution is 5.84. The Morgan fingerprint density at radius 1 is 0.833 bits per heavy atom. The zero-order valence-electron chi connectivity index (χ0n) is 14.3. The Hall–Kier alpha value is -1.84. The lowest BCUT2D eigenvalue weighted by molar-refractivity contribution is -0.123. The van der Waals surface area contributed by atoms with Gasteiger partial charge in [-0.3, -0.25) is 9.59 Å². The minimum Gasteiger partial charge on any atom is -0.353 e. The van der Waals surface area contributed by atoms with Crippen LogP contribution >= 0.6 is 0 Å². The van der Waals surface area contributed by atoms with E-state index in [1.165, 1.54) is 0 Å². The van der Waals surface area contributed by atoms with Crippen LogP contribution in [0.3, 0.4) is 0 Å². The first-order valence-electron chi connectivity index (χ1n) is 9.37. The van der Waals surface area contributed by atoms with E-state index in [1.54, 1.807) is 0 Å². The molecule has 0 saturated carbocycles. The smallest absolute Gasteiger partial charge is 0.227 e. The molecule has 2 amide bonds. The van der Waals surface area contributed by atoms with Crippen molar-refractivity contribution < 1.29 is 9.59 Å². The summed E-state index contributed by atoms with van der Waals surface area (Å²) in [6.45, 7) is 0. The van der Waals surface area contributed by atoms with Crippen LogP contribution in [0.5, 0.6) is 0 Å². The summed E-state index contributed by atoms with van der Waals surface area (Å²) in [5.74, 6) is 0.328. The predicted molar refractivity (Wildman–Crippen MR) is 94.6 cm³/mol. The van der Waals surface area contributed by atoms with Gasteiger partial charge in [-0.25, -0.2) is 0 Å². The van der Waals surface area contributed by atoms with Crippen molar-refractivity contribution >= 4 is 11.8 Å². The van der Waals surface area contributed by atoms with Crippen molar-refractivity contribution in [3.05, 3.63) is 35.9 Å². The van der Waals surface area contributed by atoms with E-state index in [1.807, 2.05) is 30.3 Å². The van der Waals surface area contributed by atoms with Crippen LogP contribution in [0.1, 0.15) is 69.3 Å². The number of benzene rings is 1. The Kier molecular flexibility index (Phi) is 5.89. The Bertz CT molecular complexity index is 558. The first-order chi connectivity index (χ1) is 11.7. The van der Waals surface area contributed by atoms with Crippen LogP contribution in [0.4, 0.5) is 0 Å². The number of hydrogen-bond donors (Lipinski definition) is 2. The fraction of sp³-hybridized carbons (Fsp3) is 0.600. The highest BCUT2D eigenvalue weighted by atomic mass is 16.2. The number of nitrogens with one attached hydrogen (secondary N) is 2. The minimum absolute atomic E-state index is 0.0196. The van der Waals surface area contributed by atoms with Crippen LogP contribution in [-0.4, -0.2) is 23.9 Å². The zero-order valence-corrected chi connectivity index (χ0v) is 14.3. The molecule has 1 aromatic carbocycles. The van der Waals surface area contributed by atoms with Crippen molar-refractivity contribution in [1.29, 1.82) is 0 Å². The molecular formula is C20H28N2O2. The Morgan fingerprint density at radius 2 is 1.54 bits per heavy atom. The maximum Gasteiger partial charge on any atom is 0.227 e. The number of carbonyl (C=O) groups is 2. The quantitative estimate of drug-likeness (QED) is 0.891. The number of carbonyl (C=O) groups excluding carboxylic acids is 2. The van der Waals surface area contributed by atoms with E-state index in [0.717, 1.165) is 56.9 Å². The highest BCUT2D eigenvalue weighted by Gasteiger charge is 2.27. The summed E-state index contributed by atoms with van der Waals surface area (Å²) in [7, 11) is 0. The van der Waals surface area contributed by atoms with Gasteiger partial charge >= 0.3 is 0 Å². The van der Waals surface area contributed by atoms with Crippen LogP contribution in [0.25, 0.3) is 0 Å². The topological polar surface area (TPSA) is 58.2 Å². The van der Waals surface area contributed by atoms with E-state index < -0.39 is 0 Å². The SMILES string of the molecule is O=C1CCCCC(CCC2CCCC(c3ccccc3)C(=O)N2)N1. The lowest BCUT2D eigenvalue weighted by Crippen LogP contribution is -2.38. The Labute approximate surface area is 144 Å². The van der Waals surface area contributed by atoms with E-state index in [4.69, 9.17) is 0 Å². The molecule has 0 aliphatic carbocycles. The second-order valence-electron chi connectivity index (χ2n) is 7.19. The molecular weight excluding hydrogens is 300 g/mol. The molecule has 2 aliphatic heterocycles. The molecule has 2 aliphatic rings. The molecule has 2 N–H and O–H groups in total. The molecule has 1 aromatic rings. The first-order valence-corrected chi connectivity index (χ1v) is 9.37. The van der Waals surface area contributed by atoms with Crippen molar-refractivity contribution in [2.75, 3.05) is 0 Å². The Morgan fingerprint density at radius 3 is 2.33 bits per heavy atom. The van der Waals surface area contributed by atoms with Crippen molar-refractivity contribution in [1.82, 2.24) is 10.6 Å². The Balaban J connectivity index is 1.53. The van der Waals surface area contributed by atoms with Gasteiger partial charge in [-0.1, -0.05) is 43.2 Å². The van der Waals surface area contributed by atoms with Gasteiger partial charge < -0.3 is 10.6 Å². The molecule has 3 rings (SSSR count). The number of amides is 2. The minimum atomic E-state index is -0.0196. The molecule has 2 saturated heterocycles. The third-order valence-corrected chi connectivity index (χ3v) is 5.35. The van der Waals surface area contributed by atoms with Crippen molar-refractivity contribution in [3.63, 3.8) is 0 Å². The average Bonchev–Trinajstić information content (AvgIpc) is 2.91. The molecule has 0 bridgehead atoms. The summed E-state index contributed by atoms with van der Waals surface area (Å²) in [5.41, 5.74) is 1.12. The van der Waals surface area contributed by atoms with Gasteiger partial charge in [-0.05, 0) is 44.1 Å². The summed E-state index contributed by atoms with van der Waals surface area (Å²) < 4.78 is 0. The molecule has 0 aromatic heterocycles. The van der Waals surface area contributed by atoms with Gasteiger partial charge in [-0.15, -0.1) is 0 Å². The van der Waals surface area contributed by atoms with Gasteiger partial charge in [0.1, 0.15) is 0 Å². The lowest BCUT2D eigenvalue weighted by atomic mass is 9.94. The second-order valence-corrected chi connectivity index (χ2v) is 7.19. The van der Waals surface area contributed by atoms with Gasteiger partial charge in [0, 0.05) is 18.5 Å². The molecule has 130 valence electrons. The number of rotatable bonds is 4. The lowest BCUT2D eigenvalue weighted by Gasteiger charge is -2.21.